The molecule has 2 N–H and O–H groups in total. The number of carboxylic acid groups (broad SMARTS) is 1. The summed E-state index contributed by atoms with van der Waals surface area (Å²) in [4.78, 5) is 10.9. The van der Waals surface area contributed by atoms with Crippen LogP contribution >= 0.6 is 11.6 Å². The lowest BCUT2D eigenvalue weighted by Gasteiger charge is -2.29. The summed E-state index contributed by atoms with van der Waals surface area (Å²) >= 11 is 5.74. The Balaban J connectivity index is 3.04. The number of hydrogen-bond acceptors (Lipinski definition) is 3. The normalized spacial score (nSPS) is 12.7. The fraction of sp³-hybridized carbons (Fsp3) is 0.500. The fourth-order valence-electron chi connectivity index (χ4n) is 1.40. The molecule has 0 amide bonds. The Morgan fingerprint density at radius 1 is 1.38 bits per heavy atom. The van der Waals surface area contributed by atoms with Crippen LogP contribution in [0.15, 0.2) is 23.1 Å². The molecule has 1 aromatic carbocycles. The van der Waals surface area contributed by atoms with E-state index in [2.05, 4.69) is 4.72 Å². The lowest BCUT2D eigenvalue weighted by atomic mass is 9.81. The highest BCUT2D eigenvalue weighted by molar-refractivity contribution is 7.89. The molecule has 7 heteroatoms. The topological polar surface area (TPSA) is 83.5 Å². The third-order valence-electron chi connectivity index (χ3n) is 3.76. The number of nitrogens with one attached hydrogen (secondary N) is 1. The second-order valence-electron chi connectivity index (χ2n) is 5.91. The van der Waals surface area contributed by atoms with Crippen molar-refractivity contribution >= 4 is 27.6 Å². The van der Waals surface area contributed by atoms with Crippen molar-refractivity contribution in [2.45, 2.75) is 32.6 Å². The van der Waals surface area contributed by atoms with Gasteiger partial charge in [-0.25, -0.2) is 17.9 Å². The Hall–Kier alpha value is -1.11. The summed E-state index contributed by atoms with van der Waals surface area (Å²) in [5.74, 6) is -0.973. The zero-order valence-electron chi connectivity index (χ0n) is 12.5. The van der Waals surface area contributed by atoms with E-state index in [0.29, 0.717) is 5.92 Å². The van der Waals surface area contributed by atoms with Crippen LogP contribution in [0.4, 0.5) is 0 Å². The zero-order chi connectivity index (χ0) is 16.4. The van der Waals surface area contributed by atoms with Gasteiger partial charge in [0.1, 0.15) is 0 Å². The Labute approximate surface area is 130 Å². The van der Waals surface area contributed by atoms with Crippen LogP contribution in [0.3, 0.4) is 0 Å². The molecule has 1 aromatic rings. The summed E-state index contributed by atoms with van der Waals surface area (Å²) in [5, 5.41) is 8.99. The summed E-state index contributed by atoms with van der Waals surface area (Å²) in [6.07, 6.45) is 0. The molecule has 0 saturated heterocycles. The van der Waals surface area contributed by atoms with Gasteiger partial charge in [-0.3, -0.25) is 0 Å². The van der Waals surface area contributed by atoms with E-state index < -0.39 is 16.0 Å². The average molecular weight is 334 g/mol. The minimum Gasteiger partial charge on any atom is -0.478 e. The van der Waals surface area contributed by atoms with Crippen LogP contribution in [-0.4, -0.2) is 26.0 Å². The summed E-state index contributed by atoms with van der Waals surface area (Å²) in [7, 11) is -3.77. The molecular formula is C14H20ClNO4S. The third kappa shape index (κ3) is 4.43. The number of benzene rings is 1. The second-order valence-corrected chi connectivity index (χ2v) is 8.09. The van der Waals surface area contributed by atoms with Gasteiger partial charge in [0.2, 0.25) is 10.0 Å². The van der Waals surface area contributed by atoms with Crippen molar-refractivity contribution in [2.75, 3.05) is 6.54 Å². The standard InChI is InChI=1S/C14H20ClNO4S/c1-9(2)14(3,4)8-16-21(19,20)10-5-6-12(15)11(7-10)13(17)18/h5-7,9,16H,8H2,1-4H3,(H,17,18). The minimum absolute atomic E-state index is 0.00367. The van der Waals surface area contributed by atoms with Crippen molar-refractivity contribution in [3.05, 3.63) is 28.8 Å². The smallest absolute Gasteiger partial charge is 0.337 e. The van der Waals surface area contributed by atoms with Crippen molar-refractivity contribution in [1.82, 2.24) is 4.72 Å². The van der Waals surface area contributed by atoms with Gasteiger partial charge in [-0.05, 0) is 29.5 Å². The highest BCUT2D eigenvalue weighted by Gasteiger charge is 2.26. The van der Waals surface area contributed by atoms with Gasteiger partial charge >= 0.3 is 5.97 Å². The number of rotatable bonds is 6. The lowest BCUT2D eigenvalue weighted by molar-refractivity contribution is 0.0697. The molecule has 0 aliphatic carbocycles. The molecule has 0 fully saturated rings. The monoisotopic (exact) mass is 333 g/mol. The van der Waals surface area contributed by atoms with Gasteiger partial charge in [-0.2, -0.15) is 0 Å². The molecule has 5 nitrogen and oxygen atoms in total. The van der Waals surface area contributed by atoms with E-state index in [1.807, 2.05) is 27.7 Å². The fourth-order valence-corrected chi connectivity index (χ4v) is 2.85. The Morgan fingerprint density at radius 2 is 1.95 bits per heavy atom. The summed E-state index contributed by atoms with van der Waals surface area (Å²) < 4.78 is 27.0. The number of halogens is 1. The van der Waals surface area contributed by atoms with E-state index in [-0.39, 0.29) is 27.4 Å². The van der Waals surface area contributed by atoms with Gasteiger partial charge in [0.25, 0.3) is 0 Å². The number of carboxylic acids is 1. The van der Waals surface area contributed by atoms with E-state index in [0.717, 1.165) is 6.07 Å². The van der Waals surface area contributed by atoms with Crippen LogP contribution in [0.25, 0.3) is 0 Å². The largest absolute Gasteiger partial charge is 0.478 e. The van der Waals surface area contributed by atoms with E-state index in [1.54, 1.807) is 0 Å². The molecule has 0 atom stereocenters. The molecule has 0 aromatic heterocycles. The summed E-state index contributed by atoms with van der Waals surface area (Å²) in [5.41, 5.74) is -0.447. The van der Waals surface area contributed by atoms with Crippen molar-refractivity contribution < 1.29 is 18.3 Å². The molecular weight excluding hydrogens is 314 g/mol. The maximum atomic E-state index is 12.2. The maximum absolute atomic E-state index is 12.2. The first-order chi connectivity index (χ1) is 9.47. The zero-order valence-corrected chi connectivity index (χ0v) is 14.0. The molecule has 0 aliphatic heterocycles. The van der Waals surface area contributed by atoms with Crippen molar-refractivity contribution in [2.24, 2.45) is 11.3 Å². The van der Waals surface area contributed by atoms with Crippen LogP contribution < -0.4 is 4.72 Å². The molecule has 0 aliphatic rings. The van der Waals surface area contributed by atoms with Crippen molar-refractivity contribution in [3.8, 4) is 0 Å². The summed E-state index contributed by atoms with van der Waals surface area (Å²) in [6.45, 7) is 8.21. The third-order valence-corrected chi connectivity index (χ3v) is 5.49. The van der Waals surface area contributed by atoms with Crippen molar-refractivity contribution in [3.63, 3.8) is 0 Å². The Bertz CT molecular complexity index is 638. The molecule has 1 rings (SSSR count). The minimum atomic E-state index is -3.77. The number of carbonyl (C=O) groups is 1. The molecule has 118 valence electrons. The SMILES string of the molecule is CC(C)C(C)(C)CNS(=O)(=O)c1ccc(Cl)c(C(=O)O)c1. The van der Waals surface area contributed by atoms with Crippen LogP contribution in [0.2, 0.25) is 5.02 Å². The van der Waals surface area contributed by atoms with Crippen LogP contribution in [-0.2, 0) is 10.0 Å². The number of aromatic carboxylic acids is 1. The van der Waals surface area contributed by atoms with Gasteiger partial charge in [0, 0.05) is 6.54 Å². The van der Waals surface area contributed by atoms with Crippen molar-refractivity contribution in [1.29, 1.82) is 0 Å². The van der Waals surface area contributed by atoms with Gasteiger partial charge in [0.15, 0.2) is 0 Å². The Kier molecular flexibility index (Phi) is 5.41. The van der Waals surface area contributed by atoms with Crippen LogP contribution in [0.1, 0.15) is 38.1 Å². The molecule has 0 saturated carbocycles. The number of hydrogen-bond donors (Lipinski definition) is 2. The van der Waals surface area contributed by atoms with Gasteiger partial charge in [-0.1, -0.05) is 39.3 Å². The number of sulfonamides is 1. The quantitative estimate of drug-likeness (QED) is 0.838. The lowest BCUT2D eigenvalue weighted by Crippen LogP contribution is -2.37. The van der Waals surface area contributed by atoms with Crippen LogP contribution in [0.5, 0.6) is 0 Å². The summed E-state index contributed by atoms with van der Waals surface area (Å²) in [6, 6.07) is 3.63. The molecule has 0 spiro atoms. The first kappa shape index (κ1) is 17.9. The molecule has 0 bridgehead atoms. The van der Waals surface area contributed by atoms with Crippen LogP contribution in [0, 0.1) is 11.3 Å². The predicted octanol–water partition coefficient (Wildman–Crippen LogP) is 3.00. The first-order valence-corrected chi connectivity index (χ1v) is 8.36. The van der Waals surface area contributed by atoms with E-state index >= 15 is 0 Å². The molecule has 0 unspecified atom stereocenters. The van der Waals surface area contributed by atoms with Gasteiger partial charge in [0.05, 0.1) is 15.5 Å². The average Bonchev–Trinajstić information content (AvgIpc) is 2.36. The first-order valence-electron chi connectivity index (χ1n) is 6.50. The van der Waals surface area contributed by atoms with E-state index in [1.165, 1.54) is 12.1 Å². The predicted molar refractivity (Wildman–Crippen MR) is 82.2 cm³/mol. The Morgan fingerprint density at radius 3 is 2.43 bits per heavy atom. The molecule has 0 radical (unpaired) electrons. The maximum Gasteiger partial charge on any atom is 0.337 e. The van der Waals surface area contributed by atoms with E-state index in [9.17, 15) is 13.2 Å². The van der Waals surface area contributed by atoms with Gasteiger partial charge < -0.3 is 5.11 Å². The highest BCUT2D eigenvalue weighted by atomic mass is 35.5. The second kappa shape index (κ2) is 6.34. The molecule has 21 heavy (non-hydrogen) atoms. The molecule has 0 heterocycles. The van der Waals surface area contributed by atoms with Gasteiger partial charge in [-0.15, -0.1) is 0 Å². The highest BCUT2D eigenvalue weighted by Crippen LogP contribution is 2.26. The van der Waals surface area contributed by atoms with E-state index in [4.69, 9.17) is 16.7 Å².